The highest BCUT2D eigenvalue weighted by atomic mass is 35.7. The number of halogens is 4. The first-order valence-electron chi connectivity index (χ1n) is 4.74. The van der Waals surface area contributed by atoms with E-state index >= 15 is 0 Å². The van der Waals surface area contributed by atoms with Crippen LogP contribution in [0.5, 0.6) is 0 Å². The Morgan fingerprint density at radius 3 is 2.44 bits per heavy atom. The van der Waals surface area contributed by atoms with Gasteiger partial charge in [0, 0.05) is 17.8 Å². The van der Waals surface area contributed by atoms with Crippen molar-refractivity contribution in [2.75, 3.05) is 7.11 Å². The lowest BCUT2D eigenvalue weighted by Crippen LogP contribution is -2.25. The number of ether oxygens (including phenoxy) is 1. The van der Waals surface area contributed by atoms with Crippen molar-refractivity contribution in [3.63, 3.8) is 0 Å². The van der Waals surface area contributed by atoms with E-state index in [0.29, 0.717) is 5.56 Å². The van der Waals surface area contributed by atoms with Crippen molar-refractivity contribution in [1.29, 1.82) is 0 Å². The molecule has 1 aromatic carbocycles. The second-order valence-electron chi connectivity index (χ2n) is 3.58. The summed E-state index contributed by atoms with van der Waals surface area (Å²) in [6.45, 7) is 0.0841. The largest absolute Gasteiger partial charge is 0.410 e. The van der Waals surface area contributed by atoms with Crippen molar-refractivity contribution in [1.82, 2.24) is 0 Å². The van der Waals surface area contributed by atoms with Crippen LogP contribution in [0.3, 0.4) is 0 Å². The van der Waals surface area contributed by atoms with Gasteiger partial charge in [0.1, 0.15) is 0 Å². The summed E-state index contributed by atoms with van der Waals surface area (Å²) in [6, 6.07) is 5.03. The number of methoxy groups -OCH3 is 1. The van der Waals surface area contributed by atoms with Gasteiger partial charge in [-0.1, -0.05) is 24.3 Å². The summed E-state index contributed by atoms with van der Waals surface area (Å²) in [5.41, 5.74) is 0.0108. The second-order valence-corrected chi connectivity index (χ2v) is 6.29. The molecule has 0 aliphatic rings. The first-order chi connectivity index (χ1) is 8.16. The molecule has 1 aromatic rings. The molecule has 0 fully saturated rings. The van der Waals surface area contributed by atoms with E-state index in [4.69, 9.17) is 15.4 Å². The molecule has 18 heavy (non-hydrogen) atoms. The zero-order chi connectivity index (χ0) is 14.0. The van der Waals surface area contributed by atoms with E-state index < -0.39 is 26.0 Å². The average molecular weight is 303 g/mol. The summed E-state index contributed by atoms with van der Waals surface area (Å²) in [7, 11) is 1.45. The summed E-state index contributed by atoms with van der Waals surface area (Å²) in [5.74, 6) is 0. The molecular weight excluding hydrogens is 293 g/mol. The molecule has 0 aliphatic carbocycles. The van der Waals surface area contributed by atoms with Gasteiger partial charge in [0.15, 0.2) is 5.25 Å². The van der Waals surface area contributed by atoms with Crippen LogP contribution in [0.1, 0.15) is 16.4 Å². The van der Waals surface area contributed by atoms with Crippen LogP contribution < -0.4 is 0 Å². The molecular formula is C10H10ClF3O3S. The maximum atomic E-state index is 12.7. The molecule has 0 saturated heterocycles. The summed E-state index contributed by atoms with van der Waals surface area (Å²) >= 11 is 0. The molecule has 1 atom stereocenters. The van der Waals surface area contributed by atoms with Crippen molar-refractivity contribution in [2.45, 2.75) is 18.0 Å². The van der Waals surface area contributed by atoms with Crippen LogP contribution in [0.25, 0.3) is 0 Å². The number of benzene rings is 1. The molecule has 0 N–H and O–H groups in total. The summed E-state index contributed by atoms with van der Waals surface area (Å²) in [4.78, 5) is 0. The maximum Gasteiger partial charge on any atom is 0.410 e. The molecule has 0 saturated carbocycles. The molecule has 0 heterocycles. The van der Waals surface area contributed by atoms with Crippen molar-refractivity contribution >= 4 is 19.7 Å². The smallest absolute Gasteiger partial charge is 0.380 e. The molecule has 0 radical (unpaired) electrons. The zero-order valence-electron chi connectivity index (χ0n) is 9.24. The predicted molar refractivity (Wildman–Crippen MR) is 60.7 cm³/mol. The standard InChI is InChI=1S/C10H10ClF3O3S/c1-17-6-7-3-2-4-8(5-7)9(10(12,13)14)18(11,15)16/h2-5,9H,6H2,1H3. The molecule has 1 unspecified atom stereocenters. The van der Waals surface area contributed by atoms with E-state index in [1.165, 1.54) is 19.2 Å². The fourth-order valence-corrected chi connectivity index (χ4v) is 2.93. The Hall–Kier alpha value is -0.790. The SMILES string of the molecule is COCc1cccc(C(C(F)(F)F)S(=O)(=O)Cl)c1. The lowest BCUT2D eigenvalue weighted by atomic mass is 10.1. The van der Waals surface area contributed by atoms with E-state index in [0.717, 1.165) is 12.1 Å². The minimum atomic E-state index is -4.97. The minimum absolute atomic E-state index is 0.0841. The molecule has 1 rings (SSSR count). The predicted octanol–water partition coefficient (Wildman–Crippen LogP) is 3.01. The van der Waals surface area contributed by atoms with Gasteiger partial charge in [-0.15, -0.1) is 0 Å². The van der Waals surface area contributed by atoms with Crippen molar-refractivity contribution < 1.29 is 26.3 Å². The van der Waals surface area contributed by atoms with Crippen LogP contribution in [-0.4, -0.2) is 21.7 Å². The molecule has 0 amide bonds. The van der Waals surface area contributed by atoms with Crippen LogP contribution in [0.15, 0.2) is 24.3 Å². The Morgan fingerprint density at radius 1 is 1.39 bits per heavy atom. The lowest BCUT2D eigenvalue weighted by molar-refractivity contribution is -0.131. The maximum absolute atomic E-state index is 12.7. The van der Waals surface area contributed by atoms with Gasteiger partial charge >= 0.3 is 6.18 Å². The Balaban J connectivity index is 3.27. The third kappa shape index (κ3) is 3.86. The quantitative estimate of drug-likeness (QED) is 0.803. The van der Waals surface area contributed by atoms with Crippen LogP contribution >= 0.6 is 10.7 Å². The highest BCUT2D eigenvalue weighted by Gasteiger charge is 2.49. The van der Waals surface area contributed by atoms with E-state index in [1.807, 2.05) is 0 Å². The van der Waals surface area contributed by atoms with Crippen LogP contribution in [0.2, 0.25) is 0 Å². The average Bonchev–Trinajstić information content (AvgIpc) is 2.13. The Morgan fingerprint density at radius 2 is 2.00 bits per heavy atom. The Bertz CT molecular complexity index is 513. The van der Waals surface area contributed by atoms with Gasteiger partial charge < -0.3 is 4.74 Å². The van der Waals surface area contributed by atoms with Gasteiger partial charge in [-0.05, 0) is 11.1 Å². The van der Waals surface area contributed by atoms with Gasteiger partial charge in [-0.2, -0.15) is 13.2 Å². The van der Waals surface area contributed by atoms with E-state index in [1.54, 1.807) is 0 Å². The van der Waals surface area contributed by atoms with Gasteiger partial charge in [-0.25, -0.2) is 8.42 Å². The van der Waals surface area contributed by atoms with Gasteiger partial charge in [0.2, 0.25) is 9.05 Å². The number of alkyl halides is 3. The Kier molecular flexibility index (Phi) is 4.63. The van der Waals surface area contributed by atoms with Crippen LogP contribution in [0, 0.1) is 0 Å². The summed E-state index contributed by atoms with van der Waals surface area (Å²) in [6.07, 6.45) is -4.97. The normalized spacial score (nSPS) is 14.5. The van der Waals surface area contributed by atoms with E-state index in [9.17, 15) is 21.6 Å². The lowest BCUT2D eigenvalue weighted by Gasteiger charge is -2.18. The fraction of sp³-hybridized carbons (Fsp3) is 0.400. The molecule has 0 aromatic heterocycles. The van der Waals surface area contributed by atoms with Crippen LogP contribution in [-0.2, 0) is 20.4 Å². The summed E-state index contributed by atoms with van der Waals surface area (Å²) < 4.78 is 65.1. The summed E-state index contributed by atoms with van der Waals surface area (Å²) in [5, 5.41) is -2.73. The second kappa shape index (κ2) is 5.46. The molecule has 3 nitrogen and oxygen atoms in total. The van der Waals surface area contributed by atoms with Crippen molar-refractivity contribution in [3.05, 3.63) is 35.4 Å². The van der Waals surface area contributed by atoms with Crippen LogP contribution in [0.4, 0.5) is 13.2 Å². The Labute approximate surface area is 107 Å². The minimum Gasteiger partial charge on any atom is -0.380 e. The van der Waals surface area contributed by atoms with Gasteiger partial charge in [0.05, 0.1) is 6.61 Å². The number of rotatable bonds is 4. The third-order valence-electron chi connectivity index (χ3n) is 2.14. The molecule has 0 bridgehead atoms. The first-order valence-corrected chi connectivity index (χ1v) is 7.11. The molecule has 0 spiro atoms. The number of hydrogen-bond donors (Lipinski definition) is 0. The van der Waals surface area contributed by atoms with Crippen molar-refractivity contribution in [2.24, 2.45) is 0 Å². The van der Waals surface area contributed by atoms with Gasteiger partial charge in [0.25, 0.3) is 0 Å². The highest BCUT2D eigenvalue weighted by Crippen LogP contribution is 2.41. The fourth-order valence-electron chi connectivity index (χ4n) is 1.52. The number of hydrogen-bond acceptors (Lipinski definition) is 3. The molecule has 102 valence electrons. The third-order valence-corrected chi connectivity index (χ3v) is 3.78. The van der Waals surface area contributed by atoms with Gasteiger partial charge in [-0.3, -0.25) is 0 Å². The topological polar surface area (TPSA) is 43.4 Å². The first kappa shape index (κ1) is 15.3. The monoisotopic (exact) mass is 302 g/mol. The molecule has 0 aliphatic heterocycles. The van der Waals surface area contributed by atoms with E-state index in [-0.39, 0.29) is 6.61 Å². The highest BCUT2D eigenvalue weighted by molar-refractivity contribution is 8.14. The van der Waals surface area contributed by atoms with Crippen molar-refractivity contribution in [3.8, 4) is 0 Å². The zero-order valence-corrected chi connectivity index (χ0v) is 10.8. The molecule has 8 heteroatoms. The van der Waals surface area contributed by atoms with E-state index in [2.05, 4.69) is 0 Å².